The molecule has 1 N–H and O–H groups in total. The van der Waals surface area contributed by atoms with Crippen LogP contribution in [0.5, 0.6) is 0 Å². The molecule has 0 heterocycles. The first kappa shape index (κ1) is 17.0. The van der Waals surface area contributed by atoms with Crippen molar-refractivity contribution in [2.24, 2.45) is 0 Å². The highest BCUT2D eigenvalue weighted by Gasteiger charge is 2.10. The lowest BCUT2D eigenvalue weighted by atomic mass is 10.1. The van der Waals surface area contributed by atoms with Crippen LogP contribution in [0, 0.1) is 0 Å². The van der Waals surface area contributed by atoms with Crippen molar-refractivity contribution in [1.29, 1.82) is 0 Å². The zero-order valence-electron chi connectivity index (χ0n) is 13.1. The number of sulfone groups is 1. The van der Waals surface area contributed by atoms with Gasteiger partial charge in [0.25, 0.3) is 0 Å². The molecule has 0 aromatic heterocycles. The molecule has 2 aromatic rings. The Morgan fingerprint density at radius 3 is 2.22 bits per heavy atom. The van der Waals surface area contributed by atoms with Crippen LogP contribution in [0.1, 0.15) is 24.1 Å². The molecule has 0 bridgehead atoms. The fourth-order valence-electron chi connectivity index (χ4n) is 2.08. The molecule has 0 spiro atoms. The molecule has 0 aliphatic rings. The van der Waals surface area contributed by atoms with Crippen LogP contribution in [0.2, 0.25) is 0 Å². The maximum atomic E-state index is 11.9. The maximum absolute atomic E-state index is 11.9. The third-order valence-electron chi connectivity index (χ3n) is 3.39. The number of benzene rings is 2. The Kier molecular flexibility index (Phi) is 5.34. The number of rotatable bonds is 5. The Hall–Kier alpha value is -2.40. The Morgan fingerprint density at radius 1 is 1.04 bits per heavy atom. The van der Waals surface area contributed by atoms with Gasteiger partial charge in [0.2, 0.25) is 5.91 Å². The van der Waals surface area contributed by atoms with E-state index in [1.54, 1.807) is 30.3 Å². The predicted molar refractivity (Wildman–Crippen MR) is 91.6 cm³/mol. The number of carbonyl (C=O) groups excluding carboxylic acids is 1. The van der Waals surface area contributed by atoms with E-state index in [9.17, 15) is 13.2 Å². The number of carbonyl (C=O) groups is 1. The van der Waals surface area contributed by atoms with E-state index in [0.29, 0.717) is 0 Å². The summed E-state index contributed by atoms with van der Waals surface area (Å²) in [5, 5.41) is 2.85. The van der Waals surface area contributed by atoms with Gasteiger partial charge in [-0.2, -0.15) is 0 Å². The first-order valence-corrected chi connectivity index (χ1v) is 9.09. The summed E-state index contributed by atoms with van der Waals surface area (Å²) in [6.45, 7) is 1.85. The van der Waals surface area contributed by atoms with E-state index in [1.807, 2.05) is 37.3 Å². The molecule has 1 atom stereocenters. The lowest BCUT2D eigenvalue weighted by Gasteiger charge is -2.13. The first-order chi connectivity index (χ1) is 10.9. The molecular formula is C18H19NO3S. The van der Waals surface area contributed by atoms with Crippen LogP contribution in [0.4, 0.5) is 0 Å². The molecule has 2 rings (SSSR count). The zero-order chi connectivity index (χ0) is 16.9. The summed E-state index contributed by atoms with van der Waals surface area (Å²) in [5.41, 5.74) is 1.80. The third-order valence-corrected chi connectivity index (χ3v) is 4.52. The average molecular weight is 329 g/mol. The topological polar surface area (TPSA) is 63.2 Å². The van der Waals surface area contributed by atoms with Crippen molar-refractivity contribution in [1.82, 2.24) is 5.32 Å². The highest BCUT2D eigenvalue weighted by molar-refractivity contribution is 7.90. The molecule has 0 aliphatic heterocycles. The van der Waals surface area contributed by atoms with Crippen molar-refractivity contribution in [3.63, 3.8) is 0 Å². The van der Waals surface area contributed by atoms with Gasteiger partial charge in [-0.3, -0.25) is 4.79 Å². The number of hydrogen-bond acceptors (Lipinski definition) is 3. The van der Waals surface area contributed by atoms with E-state index in [0.717, 1.165) is 11.1 Å². The molecule has 0 radical (unpaired) electrons. The van der Waals surface area contributed by atoms with Crippen LogP contribution in [0.15, 0.2) is 65.6 Å². The summed E-state index contributed by atoms with van der Waals surface area (Å²) in [5.74, 6) is -0.200. The largest absolute Gasteiger partial charge is 0.346 e. The van der Waals surface area contributed by atoms with Gasteiger partial charge in [0.15, 0.2) is 9.84 Å². The molecule has 120 valence electrons. The summed E-state index contributed by atoms with van der Waals surface area (Å²) < 4.78 is 22.9. The van der Waals surface area contributed by atoms with Gasteiger partial charge < -0.3 is 5.32 Å². The van der Waals surface area contributed by atoms with Crippen LogP contribution < -0.4 is 5.32 Å². The van der Waals surface area contributed by atoms with Crippen molar-refractivity contribution in [2.45, 2.75) is 17.9 Å². The first-order valence-electron chi connectivity index (χ1n) is 7.20. The van der Waals surface area contributed by atoms with Crippen LogP contribution in [0.25, 0.3) is 6.08 Å². The second kappa shape index (κ2) is 7.24. The number of amides is 1. The minimum absolute atomic E-state index is 0.200. The van der Waals surface area contributed by atoms with Gasteiger partial charge in [-0.1, -0.05) is 42.5 Å². The van der Waals surface area contributed by atoms with Crippen LogP contribution in [-0.4, -0.2) is 20.6 Å². The molecule has 0 saturated carbocycles. The Labute approximate surface area is 136 Å². The standard InChI is InChI=1S/C18H19NO3S/c1-14(16-9-11-17(12-10-16)23(2,21)22)19-18(20)13-8-15-6-4-3-5-7-15/h3-14H,1-2H3,(H,19,20). The van der Waals surface area contributed by atoms with Crippen LogP contribution >= 0.6 is 0 Å². The zero-order valence-corrected chi connectivity index (χ0v) is 13.9. The van der Waals surface area contributed by atoms with Crippen molar-refractivity contribution >= 4 is 21.8 Å². The van der Waals surface area contributed by atoms with Crippen molar-refractivity contribution in [3.8, 4) is 0 Å². The van der Waals surface area contributed by atoms with Gasteiger partial charge in [0, 0.05) is 12.3 Å². The highest BCUT2D eigenvalue weighted by atomic mass is 32.2. The second-order valence-electron chi connectivity index (χ2n) is 5.32. The SMILES string of the molecule is CC(NC(=O)C=Cc1ccccc1)c1ccc(S(C)(=O)=O)cc1. The summed E-state index contributed by atoms with van der Waals surface area (Å²) in [4.78, 5) is 12.2. The van der Waals surface area contributed by atoms with E-state index >= 15 is 0 Å². The van der Waals surface area contributed by atoms with E-state index < -0.39 is 9.84 Å². The summed E-state index contributed by atoms with van der Waals surface area (Å²) in [6, 6.07) is 15.9. The summed E-state index contributed by atoms with van der Waals surface area (Å²) >= 11 is 0. The van der Waals surface area contributed by atoms with Gasteiger partial charge in [-0.25, -0.2) is 8.42 Å². The fraction of sp³-hybridized carbons (Fsp3) is 0.167. The molecular weight excluding hydrogens is 310 g/mol. The Balaban J connectivity index is 2.00. The van der Waals surface area contributed by atoms with Crippen LogP contribution in [0.3, 0.4) is 0 Å². The molecule has 0 fully saturated rings. The van der Waals surface area contributed by atoms with Gasteiger partial charge in [0.05, 0.1) is 10.9 Å². The minimum atomic E-state index is -3.21. The second-order valence-corrected chi connectivity index (χ2v) is 7.33. The van der Waals surface area contributed by atoms with Gasteiger partial charge >= 0.3 is 0 Å². The number of nitrogens with one attached hydrogen (secondary N) is 1. The monoisotopic (exact) mass is 329 g/mol. The van der Waals surface area contributed by atoms with Gasteiger partial charge in [-0.05, 0) is 36.3 Å². The smallest absolute Gasteiger partial charge is 0.244 e. The predicted octanol–water partition coefficient (Wildman–Crippen LogP) is 2.98. The van der Waals surface area contributed by atoms with E-state index in [1.165, 1.54) is 12.3 Å². The molecule has 0 saturated heterocycles. The Bertz CT molecular complexity index is 794. The Morgan fingerprint density at radius 2 is 1.65 bits per heavy atom. The third kappa shape index (κ3) is 5.07. The maximum Gasteiger partial charge on any atom is 0.244 e. The normalized spacial score (nSPS) is 13.0. The quantitative estimate of drug-likeness (QED) is 0.858. The number of hydrogen-bond donors (Lipinski definition) is 1. The van der Waals surface area contributed by atoms with Crippen molar-refractivity contribution in [3.05, 3.63) is 71.8 Å². The van der Waals surface area contributed by atoms with E-state index in [4.69, 9.17) is 0 Å². The molecule has 4 nitrogen and oxygen atoms in total. The van der Waals surface area contributed by atoms with Gasteiger partial charge in [0.1, 0.15) is 0 Å². The average Bonchev–Trinajstić information content (AvgIpc) is 2.53. The molecule has 5 heteroatoms. The fourth-order valence-corrected chi connectivity index (χ4v) is 2.72. The molecule has 1 unspecified atom stereocenters. The molecule has 1 amide bonds. The summed E-state index contributed by atoms with van der Waals surface area (Å²) in [6.07, 6.45) is 4.40. The highest BCUT2D eigenvalue weighted by Crippen LogP contribution is 2.16. The lowest BCUT2D eigenvalue weighted by Crippen LogP contribution is -2.24. The lowest BCUT2D eigenvalue weighted by molar-refractivity contribution is -0.117. The molecule has 2 aromatic carbocycles. The molecule has 23 heavy (non-hydrogen) atoms. The van der Waals surface area contributed by atoms with E-state index in [-0.39, 0.29) is 16.8 Å². The van der Waals surface area contributed by atoms with Gasteiger partial charge in [-0.15, -0.1) is 0 Å². The van der Waals surface area contributed by atoms with Crippen molar-refractivity contribution < 1.29 is 13.2 Å². The van der Waals surface area contributed by atoms with Crippen LogP contribution in [-0.2, 0) is 14.6 Å². The molecule has 0 aliphatic carbocycles. The minimum Gasteiger partial charge on any atom is -0.346 e. The van der Waals surface area contributed by atoms with Crippen molar-refractivity contribution in [2.75, 3.05) is 6.26 Å². The van der Waals surface area contributed by atoms with E-state index in [2.05, 4.69) is 5.32 Å². The summed E-state index contributed by atoms with van der Waals surface area (Å²) in [7, 11) is -3.21.